The van der Waals surface area contributed by atoms with E-state index >= 15 is 0 Å². The van der Waals surface area contributed by atoms with Crippen molar-refractivity contribution in [3.8, 4) is 11.5 Å². The van der Waals surface area contributed by atoms with E-state index in [1.165, 1.54) is 0 Å². The van der Waals surface area contributed by atoms with E-state index < -0.39 is 11.9 Å². The van der Waals surface area contributed by atoms with Gasteiger partial charge in [0.15, 0.2) is 0 Å². The predicted octanol–water partition coefficient (Wildman–Crippen LogP) is 5.36. The molecule has 0 bridgehead atoms. The lowest BCUT2D eigenvalue weighted by molar-refractivity contribution is 0.0718. The van der Waals surface area contributed by atoms with Gasteiger partial charge < -0.3 is 9.47 Å². The Morgan fingerprint density at radius 1 is 0.643 bits per heavy atom. The van der Waals surface area contributed by atoms with Gasteiger partial charge in [-0.15, -0.1) is 0 Å². The number of rotatable bonds is 4. The van der Waals surface area contributed by atoms with Gasteiger partial charge in [0.2, 0.25) is 0 Å². The molecule has 0 aromatic heterocycles. The second kappa shape index (κ2) is 8.09. The highest BCUT2D eigenvalue weighted by molar-refractivity contribution is 5.93. The van der Waals surface area contributed by atoms with Crippen LogP contribution >= 0.6 is 0 Å². The number of hydrogen-bond acceptors (Lipinski definition) is 4. The zero-order valence-corrected chi connectivity index (χ0v) is 16.4. The number of carbonyl (C=O) groups is 2. The fraction of sp³-hybridized carbons (Fsp3) is 0.167. The Bertz CT molecular complexity index is 1030. The molecule has 0 amide bonds. The summed E-state index contributed by atoms with van der Waals surface area (Å²) in [4.78, 5) is 24.7. The van der Waals surface area contributed by atoms with Crippen LogP contribution in [0.1, 0.15) is 43.0 Å². The van der Waals surface area contributed by atoms with Crippen LogP contribution in [0.2, 0.25) is 0 Å². The molecule has 0 aliphatic heterocycles. The molecule has 0 aliphatic carbocycles. The molecule has 0 spiro atoms. The number of benzene rings is 3. The zero-order chi connectivity index (χ0) is 20.3. The van der Waals surface area contributed by atoms with Crippen LogP contribution in [0.5, 0.6) is 11.5 Å². The van der Waals surface area contributed by atoms with Crippen molar-refractivity contribution in [1.29, 1.82) is 0 Å². The summed E-state index contributed by atoms with van der Waals surface area (Å²) >= 11 is 0. The van der Waals surface area contributed by atoms with Crippen LogP contribution in [0.4, 0.5) is 0 Å². The number of aryl methyl sites for hydroxylation is 4. The lowest BCUT2D eigenvalue weighted by Gasteiger charge is -2.11. The Hall–Kier alpha value is -3.40. The Morgan fingerprint density at radius 2 is 1.32 bits per heavy atom. The number of hydrogen-bond donors (Lipinski definition) is 0. The highest BCUT2D eigenvalue weighted by Gasteiger charge is 2.14. The van der Waals surface area contributed by atoms with Crippen molar-refractivity contribution in [1.82, 2.24) is 0 Å². The maximum absolute atomic E-state index is 12.5. The molecule has 0 heterocycles. The van der Waals surface area contributed by atoms with Crippen LogP contribution in [0.15, 0.2) is 60.7 Å². The molecule has 0 N–H and O–H groups in total. The summed E-state index contributed by atoms with van der Waals surface area (Å²) in [6.45, 7) is 7.61. The smallest absolute Gasteiger partial charge is 0.343 e. The number of esters is 2. The molecule has 0 fully saturated rings. The van der Waals surface area contributed by atoms with Crippen molar-refractivity contribution < 1.29 is 19.1 Å². The molecule has 0 unspecified atom stereocenters. The summed E-state index contributed by atoms with van der Waals surface area (Å²) in [6, 6.07) is 17.7. The highest BCUT2D eigenvalue weighted by Crippen LogP contribution is 2.25. The second-order valence-corrected chi connectivity index (χ2v) is 6.89. The molecule has 142 valence electrons. The fourth-order valence-corrected chi connectivity index (χ4v) is 2.85. The third-order valence-corrected chi connectivity index (χ3v) is 4.45. The van der Waals surface area contributed by atoms with Crippen molar-refractivity contribution in [3.63, 3.8) is 0 Å². The van der Waals surface area contributed by atoms with Gasteiger partial charge in [0.25, 0.3) is 0 Å². The van der Waals surface area contributed by atoms with E-state index in [1.54, 1.807) is 43.3 Å². The van der Waals surface area contributed by atoms with Gasteiger partial charge in [-0.05, 0) is 75.2 Å². The Morgan fingerprint density at radius 3 is 1.96 bits per heavy atom. The molecule has 28 heavy (non-hydrogen) atoms. The fourth-order valence-electron chi connectivity index (χ4n) is 2.85. The van der Waals surface area contributed by atoms with Crippen LogP contribution in [-0.2, 0) is 0 Å². The Balaban J connectivity index is 1.72. The zero-order valence-electron chi connectivity index (χ0n) is 16.4. The third kappa shape index (κ3) is 4.46. The van der Waals surface area contributed by atoms with Gasteiger partial charge in [-0.1, -0.05) is 35.4 Å². The topological polar surface area (TPSA) is 52.6 Å². The van der Waals surface area contributed by atoms with E-state index in [0.717, 1.165) is 16.7 Å². The summed E-state index contributed by atoms with van der Waals surface area (Å²) in [5.74, 6) is -0.0149. The average molecular weight is 374 g/mol. The SMILES string of the molecule is Cc1ccc(C(=O)Oc2ccc(OC(=O)c3ccc(C)cc3C)c(C)c2)cc1. The van der Waals surface area contributed by atoms with E-state index in [-0.39, 0.29) is 0 Å². The first-order chi connectivity index (χ1) is 13.3. The molecule has 3 aromatic carbocycles. The number of ether oxygens (including phenoxy) is 2. The molecule has 0 atom stereocenters. The van der Waals surface area contributed by atoms with Gasteiger partial charge in [-0.2, -0.15) is 0 Å². The first-order valence-corrected chi connectivity index (χ1v) is 9.02. The van der Waals surface area contributed by atoms with Crippen LogP contribution in [0.25, 0.3) is 0 Å². The maximum atomic E-state index is 12.5. The Labute approximate surface area is 164 Å². The lowest BCUT2D eigenvalue weighted by Crippen LogP contribution is -2.12. The minimum absolute atomic E-state index is 0.398. The quantitative estimate of drug-likeness (QED) is 0.456. The molecular formula is C24H22O4. The normalized spacial score (nSPS) is 10.4. The molecule has 3 aromatic rings. The van der Waals surface area contributed by atoms with E-state index in [1.807, 2.05) is 45.0 Å². The predicted molar refractivity (Wildman–Crippen MR) is 108 cm³/mol. The molecule has 4 heteroatoms. The summed E-state index contributed by atoms with van der Waals surface area (Å²) in [6.07, 6.45) is 0. The maximum Gasteiger partial charge on any atom is 0.343 e. The minimum atomic E-state index is -0.431. The second-order valence-electron chi connectivity index (χ2n) is 6.89. The van der Waals surface area contributed by atoms with E-state index in [2.05, 4.69) is 0 Å². The van der Waals surface area contributed by atoms with Crippen molar-refractivity contribution >= 4 is 11.9 Å². The first-order valence-electron chi connectivity index (χ1n) is 9.02. The van der Waals surface area contributed by atoms with Gasteiger partial charge in [-0.25, -0.2) is 9.59 Å². The van der Waals surface area contributed by atoms with Crippen LogP contribution in [0.3, 0.4) is 0 Å². The van der Waals surface area contributed by atoms with E-state index in [9.17, 15) is 9.59 Å². The lowest BCUT2D eigenvalue weighted by atomic mass is 10.1. The van der Waals surface area contributed by atoms with Gasteiger partial charge in [0, 0.05) is 0 Å². The monoisotopic (exact) mass is 374 g/mol. The summed E-state index contributed by atoms with van der Waals surface area (Å²) in [5.41, 5.74) is 4.74. The van der Waals surface area contributed by atoms with Crippen LogP contribution in [0, 0.1) is 27.7 Å². The minimum Gasteiger partial charge on any atom is -0.423 e. The molecule has 0 saturated carbocycles. The largest absolute Gasteiger partial charge is 0.423 e. The van der Waals surface area contributed by atoms with Crippen LogP contribution < -0.4 is 9.47 Å². The van der Waals surface area contributed by atoms with Crippen molar-refractivity contribution in [2.75, 3.05) is 0 Å². The summed E-state index contributed by atoms with van der Waals surface area (Å²) in [7, 11) is 0. The van der Waals surface area contributed by atoms with Gasteiger partial charge in [0.05, 0.1) is 11.1 Å². The number of carbonyl (C=O) groups excluding carboxylic acids is 2. The van der Waals surface area contributed by atoms with Crippen molar-refractivity contribution in [3.05, 3.63) is 94.0 Å². The molecule has 3 rings (SSSR count). The highest BCUT2D eigenvalue weighted by atomic mass is 16.5. The van der Waals surface area contributed by atoms with E-state index in [4.69, 9.17) is 9.47 Å². The first kappa shape index (κ1) is 19.4. The Kier molecular flexibility index (Phi) is 5.59. The van der Waals surface area contributed by atoms with Gasteiger partial charge >= 0.3 is 11.9 Å². The van der Waals surface area contributed by atoms with Crippen molar-refractivity contribution in [2.45, 2.75) is 27.7 Å². The molecular weight excluding hydrogens is 352 g/mol. The summed E-state index contributed by atoms with van der Waals surface area (Å²) in [5, 5.41) is 0. The molecule has 0 aliphatic rings. The molecule has 4 nitrogen and oxygen atoms in total. The molecule has 0 radical (unpaired) electrons. The van der Waals surface area contributed by atoms with Gasteiger partial charge in [0.1, 0.15) is 11.5 Å². The standard InChI is InChI=1S/C24H22O4/c1-15-5-8-19(9-6-15)23(25)27-20-10-12-22(18(4)14-20)28-24(26)21-11-7-16(2)13-17(21)3/h5-14H,1-4H3. The summed E-state index contributed by atoms with van der Waals surface area (Å²) < 4.78 is 10.9. The molecule has 0 saturated heterocycles. The van der Waals surface area contributed by atoms with Crippen LogP contribution in [-0.4, -0.2) is 11.9 Å². The van der Waals surface area contributed by atoms with Crippen molar-refractivity contribution in [2.24, 2.45) is 0 Å². The third-order valence-electron chi connectivity index (χ3n) is 4.45. The van der Waals surface area contributed by atoms with Gasteiger partial charge in [-0.3, -0.25) is 0 Å². The van der Waals surface area contributed by atoms with E-state index in [0.29, 0.717) is 28.2 Å². The average Bonchev–Trinajstić information content (AvgIpc) is 2.64.